The second-order valence-electron chi connectivity index (χ2n) is 24.5. The van der Waals surface area contributed by atoms with Gasteiger partial charge in [0.1, 0.15) is 80.0 Å². The highest BCUT2D eigenvalue weighted by molar-refractivity contribution is 5.97. The Hall–Kier alpha value is -8.76. The summed E-state index contributed by atoms with van der Waals surface area (Å²) in [5.41, 5.74) is -10.4. The molecule has 0 saturated carbocycles. The lowest BCUT2D eigenvalue weighted by atomic mass is 9.95. The predicted octanol–water partition coefficient (Wildman–Crippen LogP) is -3.32. The standard InChI is InChI=1S/C42H48N24O12/c1-37-38(2)57-9-45-21-22-49(27(45)69)13-61-35(77)65-17-53-24-23-51(29(53)71)15-63-33(75)59-11-47-20-19(43(25(47)67)7-55(37)31(57)73)44-8-56(37)32(74)58(38)10-46(21)28(70)50(22)14-62-36(78)66(42(65,6)41(61,62)5)18-54(24)30(72)52(23)16-64-34(76)60(12-48(20)26(44)68)39(59,3)40(63,64)4/h19-24H,7-18H2,1-6H3. The number of carbonyl (C=O) groups is 12. The van der Waals surface area contributed by atoms with E-state index in [2.05, 4.69) is 0 Å². The summed E-state index contributed by atoms with van der Waals surface area (Å²) in [6, 6.07) is -8.23. The molecule has 408 valence electrons. The fourth-order valence-corrected chi connectivity index (χ4v) is 18.3. The summed E-state index contributed by atoms with van der Waals surface area (Å²) in [5, 5.41) is 0. The smallest absolute Gasteiger partial charge is 0.282 e. The second kappa shape index (κ2) is 11.3. The molecule has 36 nitrogen and oxygen atoms in total. The van der Waals surface area contributed by atoms with Crippen LogP contribution in [0, 0.1) is 0 Å². The molecule has 0 aromatic heterocycles. The van der Waals surface area contributed by atoms with Crippen LogP contribution in [-0.2, 0) is 0 Å². The lowest BCUT2D eigenvalue weighted by molar-refractivity contribution is -0.112. The quantitative estimate of drug-likeness (QED) is 0.231. The van der Waals surface area contributed by atoms with Gasteiger partial charge in [0.05, 0.1) is 0 Å². The van der Waals surface area contributed by atoms with Crippen molar-refractivity contribution in [3.8, 4) is 0 Å². The summed E-state index contributed by atoms with van der Waals surface area (Å²) >= 11 is 0. The van der Waals surface area contributed by atoms with Crippen molar-refractivity contribution in [2.24, 2.45) is 0 Å². The molecular formula is C42H48N24O12. The Morgan fingerprint density at radius 1 is 0.192 bits per heavy atom. The number of amides is 24. The van der Waals surface area contributed by atoms with Crippen LogP contribution < -0.4 is 0 Å². The Labute approximate surface area is 439 Å². The fourth-order valence-electron chi connectivity index (χ4n) is 18.3. The summed E-state index contributed by atoms with van der Waals surface area (Å²) in [5.74, 6) is 0. The number of carbonyl (C=O) groups excluding carboxylic acids is 12. The van der Waals surface area contributed by atoms with E-state index in [1.807, 2.05) is 0 Å². The molecule has 18 aliphatic rings. The molecule has 24 amide bonds. The number of hydrogen-bond acceptors (Lipinski definition) is 12. The van der Waals surface area contributed by atoms with Crippen LogP contribution in [0.4, 0.5) is 57.5 Å². The Morgan fingerprint density at radius 3 is 0.372 bits per heavy atom. The van der Waals surface area contributed by atoms with E-state index in [4.69, 9.17) is 0 Å². The van der Waals surface area contributed by atoms with Crippen LogP contribution in [0.2, 0.25) is 0 Å². The summed E-state index contributed by atoms with van der Waals surface area (Å²) in [6.45, 7) is 3.69. The monoisotopic (exact) mass is 1080 g/mol. The third-order valence-electron chi connectivity index (χ3n) is 22.9. The molecule has 78 heavy (non-hydrogen) atoms. The van der Waals surface area contributed by atoms with Crippen LogP contribution in [0.1, 0.15) is 41.5 Å². The van der Waals surface area contributed by atoms with Crippen molar-refractivity contribution in [3.63, 3.8) is 0 Å². The average Bonchev–Trinajstić information content (AvgIpc) is 1.80. The molecule has 18 fully saturated rings. The Balaban J connectivity index is 0.863. The molecule has 0 atom stereocenters. The van der Waals surface area contributed by atoms with Gasteiger partial charge in [-0.15, -0.1) is 0 Å². The number of rotatable bonds is 0. The van der Waals surface area contributed by atoms with Gasteiger partial charge in [-0.1, -0.05) is 0 Å². The molecule has 0 spiro atoms. The average molecular weight is 1080 g/mol. The molecule has 0 unspecified atom stereocenters. The van der Waals surface area contributed by atoms with Crippen LogP contribution in [0.25, 0.3) is 0 Å². The van der Waals surface area contributed by atoms with Crippen LogP contribution >= 0.6 is 0 Å². The van der Waals surface area contributed by atoms with Gasteiger partial charge in [-0.3, -0.25) is 118 Å². The molecular weight excluding hydrogens is 1030 g/mol. The summed E-state index contributed by atoms with van der Waals surface area (Å²) < 4.78 is 0. The Bertz CT molecular complexity index is 2590. The van der Waals surface area contributed by atoms with Crippen LogP contribution in [0.5, 0.6) is 0 Å². The van der Waals surface area contributed by atoms with Gasteiger partial charge in [0.15, 0.2) is 71.0 Å². The largest absolute Gasteiger partial charge is 0.326 e. The fraction of sp³-hybridized carbons (Fsp3) is 0.714. The summed E-state index contributed by atoms with van der Waals surface area (Å²) in [4.78, 5) is 220. The maximum absolute atomic E-state index is 15.7. The van der Waals surface area contributed by atoms with Crippen molar-refractivity contribution in [3.05, 3.63) is 0 Å². The lowest BCUT2D eigenvalue weighted by Crippen LogP contribution is -2.71. The van der Waals surface area contributed by atoms with E-state index in [1.165, 1.54) is 118 Å². The zero-order valence-electron chi connectivity index (χ0n) is 42.6. The zero-order valence-corrected chi connectivity index (χ0v) is 42.6. The molecule has 0 aromatic carbocycles. The minimum atomic E-state index is -1.74. The highest BCUT2D eigenvalue weighted by Crippen LogP contribution is 2.61. The zero-order chi connectivity index (χ0) is 53.7. The summed E-state index contributed by atoms with van der Waals surface area (Å²) in [6.07, 6.45) is -7.27. The van der Waals surface area contributed by atoms with Gasteiger partial charge >= 0.3 is 72.4 Å². The molecule has 18 saturated heterocycles. The maximum atomic E-state index is 15.7. The molecule has 0 radical (unpaired) electrons. The maximum Gasteiger partial charge on any atom is 0.326 e. The minimum Gasteiger partial charge on any atom is -0.282 e. The molecule has 36 heteroatoms. The third kappa shape index (κ3) is 3.41. The van der Waals surface area contributed by atoms with Crippen molar-refractivity contribution >= 4 is 72.4 Å². The molecule has 0 bridgehead atoms. The topological polar surface area (TPSA) is 283 Å². The van der Waals surface area contributed by atoms with Gasteiger partial charge in [0.2, 0.25) is 0 Å². The van der Waals surface area contributed by atoms with E-state index in [0.717, 1.165) is 0 Å². The minimum absolute atomic E-state index is 0.510. The number of urea groups is 12. The first-order valence-corrected chi connectivity index (χ1v) is 25.9. The van der Waals surface area contributed by atoms with E-state index >= 15 is 57.5 Å². The van der Waals surface area contributed by atoms with Crippen molar-refractivity contribution in [1.82, 2.24) is 118 Å². The molecule has 18 heterocycles. The lowest BCUT2D eigenvalue weighted by Gasteiger charge is -2.51. The van der Waals surface area contributed by atoms with Gasteiger partial charge < -0.3 is 0 Å². The Morgan fingerprint density at radius 2 is 0.282 bits per heavy atom. The van der Waals surface area contributed by atoms with E-state index < -0.39 is 223 Å². The highest BCUT2D eigenvalue weighted by atomic mass is 16.3. The predicted molar refractivity (Wildman–Crippen MR) is 240 cm³/mol. The second-order valence-corrected chi connectivity index (χ2v) is 24.5. The molecule has 0 aromatic rings. The SMILES string of the molecule is CC12N3CN4C(=O)N5CN6C(=O)N7CN8C(=O)N9CN%10C(=O)N%11CN%12C(=O)N%13CN(C3=O)C1(C)N1CN3C(=O)N(CN%14C(=O)N(CN%15C(=O)N(CN%16C(=O)N(CN%17C(=O)N(CN2C1=O)C4C5%17)C6(C)C7%16C)C8C9%15)C%10(C)C%11%14C)C%12C%133. The summed E-state index contributed by atoms with van der Waals surface area (Å²) in [7, 11) is 0. The molecule has 0 N–H and O–H groups in total. The van der Waals surface area contributed by atoms with Crippen LogP contribution in [0.3, 0.4) is 0 Å². The normalized spacial score (nSPS) is 43.9. The third-order valence-corrected chi connectivity index (χ3v) is 22.9. The Kier molecular flexibility index (Phi) is 6.14. The first-order chi connectivity index (χ1) is 36.9. The van der Waals surface area contributed by atoms with E-state index in [9.17, 15) is 0 Å². The molecule has 0 aliphatic carbocycles. The first kappa shape index (κ1) is 42.4. The van der Waals surface area contributed by atoms with E-state index in [0.29, 0.717) is 0 Å². The van der Waals surface area contributed by atoms with Crippen LogP contribution in [0.15, 0.2) is 0 Å². The number of hydrogen-bond donors (Lipinski definition) is 0. The highest BCUT2D eigenvalue weighted by Gasteiger charge is 2.84. The van der Waals surface area contributed by atoms with Gasteiger partial charge in [-0.05, 0) is 41.5 Å². The van der Waals surface area contributed by atoms with Gasteiger partial charge in [0, 0.05) is 0 Å². The van der Waals surface area contributed by atoms with Crippen molar-refractivity contribution in [2.75, 3.05) is 80.0 Å². The van der Waals surface area contributed by atoms with Crippen molar-refractivity contribution < 1.29 is 57.5 Å². The van der Waals surface area contributed by atoms with Crippen LogP contribution in [-0.4, -0.2) is 341 Å². The number of nitrogens with zero attached hydrogens (tertiary/aromatic N) is 24. The van der Waals surface area contributed by atoms with E-state index in [-0.39, 0.29) is 0 Å². The van der Waals surface area contributed by atoms with Crippen molar-refractivity contribution in [2.45, 2.75) is 113 Å². The molecule has 18 rings (SSSR count). The van der Waals surface area contributed by atoms with Crippen molar-refractivity contribution in [1.29, 1.82) is 0 Å². The van der Waals surface area contributed by atoms with Gasteiger partial charge in [-0.2, -0.15) is 0 Å². The van der Waals surface area contributed by atoms with Gasteiger partial charge in [-0.25, -0.2) is 57.5 Å². The molecule has 18 aliphatic heterocycles. The van der Waals surface area contributed by atoms with E-state index in [1.54, 1.807) is 41.5 Å². The first-order valence-electron chi connectivity index (χ1n) is 25.9. The van der Waals surface area contributed by atoms with Gasteiger partial charge in [0.25, 0.3) is 0 Å².